The topological polar surface area (TPSA) is 118 Å². The van der Waals surface area contributed by atoms with Crippen LogP contribution in [0.3, 0.4) is 0 Å². The molecule has 2 aromatic carbocycles. The highest BCUT2D eigenvalue weighted by Gasteiger charge is 2.45. The smallest absolute Gasteiger partial charge is 0.407 e. The number of rotatable bonds is 9. The van der Waals surface area contributed by atoms with Crippen molar-refractivity contribution in [1.29, 1.82) is 0 Å². The molecule has 1 aliphatic heterocycles. The largest absolute Gasteiger partial charge is 0.465 e. The van der Waals surface area contributed by atoms with Crippen LogP contribution in [0.15, 0.2) is 48.5 Å². The molecule has 4 atom stereocenters. The number of benzene rings is 2. The predicted octanol–water partition coefficient (Wildman–Crippen LogP) is 5.09. The second kappa shape index (κ2) is 13.1. The summed E-state index contributed by atoms with van der Waals surface area (Å²) in [6.45, 7) is 7.42. The molecule has 0 radical (unpaired) electrons. The Balaban J connectivity index is 1.89. The van der Waals surface area contributed by atoms with Crippen LogP contribution in [0.1, 0.15) is 52.0 Å². The van der Waals surface area contributed by atoms with E-state index in [1.54, 1.807) is 0 Å². The predicted molar refractivity (Wildman–Crippen MR) is 154 cm³/mol. The molecule has 1 aromatic heterocycles. The highest BCUT2D eigenvalue weighted by atomic mass is 19.1. The standard InChI is InChI=1S/C31H36F3N5O5/c1-18(44-19(2)40)29(41)38(16-21-15-37(30(42)43)17-25(21)34)26(31(3,4)5)28-35-27(23-13-22(32)11-12-24(23)33)36-39(28)14-20-9-7-6-8-10-20/h6-13,18,21,25-26H,14-17H2,1-5H3,(H,42,43)/t18-,21?,25?,26-/m0/s1. The molecular formula is C31H36F3N5O5. The molecule has 1 fully saturated rings. The summed E-state index contributed by atoms with van der Waals surface area (Å²) in [5, 5.41) is 14.0. The summed E-state index contributed by atoms with van der Waals surface area (Å²) >= 11 is 0. The maximum Gasteiger partial charge on any atom is 0.407 e. The van der Waals surface area contributed by atoms with Crippen molar-refractivity contribution in [1.82, 2.24) is 24.6 Å². The molecule has 4 rings (SSSR count). The zero-order valence-electron chi connectivity index (χ0n) is 25.2. The van der Waals surface area contributed by atoms with E-state index in [0.717, 1.165) is 35.6 Å². The summed E-state index contributed by atoms with van der Waals surface area (Å²) in [6.07, 6.45) is -4.11. The Hall–Kier alpha value is -4.42. The number of amides is 2. The fourth-order valence-corrected chi connectivity index (χ4v) is 5.47. The number of likely N-dealkylation sites (tertiary alicyclic amines) is 1. The van der Waals surface area contributed by atoms with Gasteiger partial charge in [0.2, 0.25) is 0 Å². The van der Waals surface area contributed by atoms with Gasteiger partial charge in [-0.05, 0) is 36.1 Å². The fraction of sp³-hybridized carbons (Fsp3) is 0.452. The van der Waals surface area contributed by atoms with E-state index in [1.165, 1.54) is 16.5 Å². The maximum absolute atomic E-state index is 15.2. The van der Waals surface area contributed by atoms with E-state index in [4.69, 9.17) is 4.74 Å². The van der Waals surface area contributed by atoms with Crippen LogP contribution in [0.4, 0.5) is 18.0 Å². The summed E-state index contributed by atoms with van der Waals surface area (Å²) in [7, 11) is 0. The lowest BCUT2D eigenvalue weighted by Gasteiger charge is -2.41. The van der Waals surface area contributed by atoms with Gasteiger partial charge < -0.3 is 19.6 Å². The molecule has 0 spiro atoms. The second-order valence-corrected chi connectivity index (χ2v) is 12.0. The molecule has 13 heteroatoms. The van der Waals surface area contributed by atoms with E-state index in [-0.39, 0.29) is 43.4 Å². The van der Waals surface area contributed by atoms with Crippen LogP contribution in [0.5, 0.6) is 0 Å². The van der Waals surface area contributed by atoms with Crippen molar-refractivity contribution in [3.05, 3.63) is 71.6 Å². The van der Waals surface area contributed by atoms with Gasteiger partial charge in [0.15, 0.2) is 17.8 Å². The average molecular weight is 616 g/mol. The van der Waals surface area contributed by atoms with Crippen LogP contribution in [-0.4, -0.2) is 79.6 Å². The van der Waals surface area contributed by atoms with E-state index in [9.17, 15) is 28.3 Å². The second-order valence-electron chi connectivity index (χ2n) is 12.0. The van der Waals surface area contributed by atoms with Gasteiger partial charge in [0.25, 0.3) is 5.91 Å². The van der Waals surface area contributed by atoms with Crippen molar-refractivity contribution in [2.24, 2.45) is 11.3 Å². The Morgan fingerprint density at radius 1 is 1.11 bits per heavy atom. The molecule has 1 N–H and O–H groups in total. The Bertz CT molecular complexity index is 1510. The quantitative estimate of drug-likeness (QED) is 0.334. The molecule has 10 nitrogen and oxygen atoms in total. The third-order valence-electron chi connectivity index (χ3n) is 7.46. The number of hydrogen-bond acceptors (Lipinski definition) is 6. The lowest BCUT2D eigenvalue weighted by molar-refractivity contribution is -0.160. The Kier molecular flexibility index (Phi) is 9.65. The zero-order chi connectivity index (χ0) is 32.3. The zero-order valence-corrected chi connectivity index (χ0v) is 25.2. The molecule has 44 heavy (non-hydrogen) atoms. The highest BCUT2D eigenvalue weighted by molar-refractivity contribution is 5.83. The van der Waals surface area contributed by atoms with Crippen molar-refractivity contribution >= 4 is 18.0 Å². The lowest BCUT2D eigenvalue weighted by Crippen LogP contribution is -2.50. The summed E-state index contributed by atoms with van der Waals surface area (Å²) in [5.74, 6) is -3.62. The molecule has 2 heterocycles. The number of carbonyl (C=O) groups excluding carboxylic acids is 2. The number of carbonyl (C=O) groups is 3. The molecule has 0 aliphatic carbocycles. The van der Waals surface area contributed by atoms with Crippen molar-refractivity contribution in [2.45, 2.75) is 59.5 Å². The number of halogens is 3. The first kappa shape index (κ1) is 32.5. The van der Waals surface area contributed by atoms with E-state index in [0.29, 0.717) is 0 Å². The minimum atomic E-state index is -1.56. The normalized spacial score (nSPS) is 18.1. The molecule has 3 aromatic rings. The summed E-state index contributed by atoms with van der Waals surface area (Å²) in [6, 6.07) is 11.1. The average Bonchev–Trinajstić information content (AvgIpc) is 3.51. The van der Waals surface area contributed by atoms with E-state index < -0.39 is 59.3 Å². The number of alkyl halides is 1. The molecule has 1 aliphatic rings. The van der Waals surface area contributed by atoms with Gasteiger partial charge in [0.1, 0.15) is 17.8 Å². The molecule has 1 saturated heterocycles. The summed E-state index contributed by atoms with van der Waals surface area (Å²) < 4.78 is 51.1. The molecule has 0 saturated carbocycles. The van der Waals surface area contributed by atoms with Crippen LogP contribution in [0.25, 0.3) is 11.4 Å². The molecule has 0 bridgehead atoms. The third-order valence-corrected chi connectivity index (χ3v) is 7.46. The van der Waals surface area contributed by atoms with Crippen molar-refractivity contribution in [2.75, 3.05) is 19.6 Å². The first-order chi connectivity index (χ1) is 20.6. The van der Waals surface area contributed by atoms with Gasteiger partial charge in [-0.3, -0.25) is 9.59 Å². The SMILES string of the molecule is CC(=O)O[C@@H](C)C(=O)N(CC1CN(C(=O)O)CC1F)[C@@H](c1nc(-c2cc(F)ccc2F)nn1Cc1ccccc1)C(C)(C)C. The molecule has 2 amide bonds. The van der Waals surface area contributed by atoms with Gasteiger partial charge in [-0.1, -0.05) is 51.1 Å². The van der Waals surface area contributed by atoms with Crippen molar-refractivity contribution in [3.8, 4) is 11.4 Å². The molecule has 2 unspecified atom stereocenters. The van der Waals surface area contributed by atoms with Crippen LogP contribution in [0.2, 0.25) is 0 Å². The van der Waals surface area contributed by atoms with Crippen molar-refractivity contribution in [3.63, 3.8) is 0 Å². The molecule has 236 valence electrons. The number of hydrogen-bond donors (Lipinski definition) is 1. The van der Waals surface area contributed by atoms with Gasteiger partial charge >= 0.3 is 12.1 Å². The Morgan fingerprint density at radius 2 is 1.80 bits per heavy atom. The first-order valence-corrected chi connectivity index (χ1v) is 14.2. The van der Waals surface area contributed by atoms with Gasteiger partial charge in [-0.15, -0.1) is 0 Å². The fourth-order valence-electron chi connectivity index (χ4n) is 5.47. The highest BCUT2D eigenvalue weighted by Crippen LogP contribution is 2.40. The van der Waals surface area contributed by atoms with Crippen LogP contribution in [-0.2, 0) is 20.9 Å². The Morgan fingerprint density at radius 3 is 2.39 bits per heavy atom. The van der Waals surface area contributed by atoms with Gasteiger partial charge in [0, 0.05) is 25.9 Å². The van der Waals surface area contributed by atoms with E-state index in [2.05, 4.69) is 10.1 Å². The van der Waals surface area contributed by atoms with E-state index in [1.807, 2.05) is 51.1 Å². The number of nitrogens with zero attached hydrogens (tertiary/aromatic N) is 5. The lowest BCUT2D eigenvalue weighted by atomic mass is 9.84. The maximum atomic E-state index is 15.2. The molecular weight excluding hydrogens is 579 g/mol. The minimum Gasteiger partial charge on any atom is -0.465 e. The van der Waals surface area contributed by atoms with Gasteiger partial charge in [-0.25, -0.2) is 27.6 Å². The van der Waals surface area contributed by atoms with Crippen LogP contribution >= 0.6 is 0 Å². The van der Waals surface area contributed by atoms with Crippen molar-refractivity contribution < 1.29 is 37.4 Å². The minimum absolute atomic E-state index is 0.121. The number of esters is 1. The Labute approximate surface area is 253 Å². The van der Waals surface area contributed by atoms with E-state index >= 15 is 4.39 Å². The first-order valence-electron chi connectivity index (χ1n) is 14.2. The number of aromatic nitrogens is 3. The van der Waals surface area contributed by atoms with Gasteiger partial charge in [-0.2, -0.15) is 5.10 Å². The van der Waals surface area contributed by atoms with Crippen LogP contribution in [0, 0.1) is 23.0 Å². The third kappa shape index (κ3) is 7.37. The summed E-state index contributed by atoms with van der Waals surface area (Å²) in [5.41, 5.74) is -0.198. The summed E-state index contributed by atoms with van der Waals surface area (Å²) in [4.78, 5) is 44.4. The van der Waals surface area contributed by atoms with Gasteiger partial charge in [0.05, 0.1) is 24.7 Å². The van der Waals surface area contributed by atoms with Crippen LogP contribution < -0.4 is 0 Å². The monoisotopic (exact) mass is 615 g/mol. The number of carboxylic acid groups (broad SMARTS) is 1. The number of ether oxygens (including phenoxy) is 1.